The van der Waals surface area contributed by atoms with Crippen LogP contribution in [0.4, 0.5) is 18.3 Å². The lowest BCUT2D eigenvalue weighted by molar-refractivity contribution is -0.141. The molecule has 1 heterocycles. The third-order valence-corrected chi connectivity index (χ3v) is 3.07. The zero-order valence-electron chi connectivity index (χ0n) is 9.41. The summed E-state index contributed by atoms with van der Waals surface area (Å²) in [5, 5.41) is 8.43. The van der Waals surface area contributed by atoms with Gasteiger partial charge < -0.3 is 5.11 Å². The van der Waals surface area contributed by atoms with Gasteiger partial charge in [0.2, 0.25) is 5.91 Å². The fourth-order valence-electron chi connectivity index (χ4n) is 1.25. The van der Waals surface area contributed by atoms with Crippen molar-refractivity contribution in [3.05, 3.63) is 10.6 Å². The molecule has 1 aromatic rings. The van der Waals surface area contributed by atoms with Crippen LogP contribution >= 0.6 is 11.3 Å². The highest BCUT2D eigenvalue weighted by molar-refractivity contribution is 7.17. The van der Waals surface area contributed by atoms with E-state index in [1.165, 1.54) is 6.92 Å². The molecule has 0 saturated heterocycles. The van der Waals surface area contributed by atoms with E-state index < -0.39 is 28.6 Å². The van der Waals surface area contributed by atoms with Crippen molar-refractivity contribution >= 4 is 28.3 Å². The van der Waals surface area contributed by atoms with Crippen LogP contribution in [0.2, 0.25) is 0 Å². The number of anilines is 1. The van der Waals surface area contributed by atoms with Crippen molar-refractivity contribution in [2.24, 2.45) is 0 Å². The molecule has 0 spiro atoms. The molecule has 0 aliphatic rings. The van der Waals surface area contributed by atoms with Crippen molar-refractivity contribution in [3.63, 3.8) is 0 Å². The number of carbonyl (C=O) groups is 2. The van der Waals surface area contributed by atoms with E-state index in [4.69, 9.17) is 5.11 Å². The van der Waals surface area contributed by atoms with E-state index in [2.05, 4.69) is 4.98 Å². The second-order valence-corrected chi connectivity index (χ2v) is 4.22. The van der Waals surface area contributed by atoms with Gasteiger partial charge in [-0.2, -0.15) is 13.2 Å². The molecule has 0 radical (unpaired) electrons. The van der Waals surface area contributed by atoms with Gasteiger partial charge in [-0.1, -0.05) is 11.3 Å². The average Bonchev–Trinajstić information content (AvgIpc) is 2.62. The summed E-state index contributed by atoms with van der Waals surface area (Å²) in [6, 6.07) is 0. The first-order valence-corrected chi connectivity index (χ1v) is 5.59. The van der Waals surface area contributed by atoms with Crippen LogP contribution in [0.25, 0.3) is 0 Å². The molecule has 9 heteroatoms. The van der Waals surface area contributed by atoms with Gasteiger partial charge in [0, 0.05) is 13.5 Å². The van der Waals surface area contributed by atoms with Crippen LogP contribution < -0.4 is 4.90 Å². The number of halogens is 3. The van der Waals surface area contributed by atoms with E-state index in [1.54, 1.807) is 6.92 Å². The molecule has 0 saturated carbocycles. The van der Waals surface area contributed by atoms with Crippen LogP contribution in [0.15, 0.2) is 0 Å². The Kier molecular flexibility index (Phi) is 3.95. The maximum absolute atomic E-state index is 12.6. The fraction of sp³-hybridized carbons (Fsp3) is 0.444. The maximum Gasteiger partial charge on any atom is 0.435 e. The van der Waals surface area contributed by atoms with Crippen LogP contribution in [0.5, 0.6) is 0 Å². The van der Waals surface area contributed by atoms with Crippen LogP contribution in [0.3, 0.4) is 0 Å². The Hall–Kier alpha value is -1.64. The highest BCUT2D eigenvalue weighted by Gasteiger charge is 2.40. The molecule has 0 fully saturated rings. The number of carboxylic acid groups (broad SMARTS) is 1. The number of rotatable bonds is 3. The molecule has 1 rings (SSSR count). The number of aromatic carboxylic acids is 1. The summed E-state index contributed by atoms with van der Waals surface area (Å²) in [6.45, 7) is 2.83. The van der Waals surface area contributed by atoms with Gasteiger partial charge in [0.15, 0.2) is 10.8 Å². The number of hydrogen-bond acceptors (Lipinski definition) is 4. The Bertz CT molecular complexity index is 484. The number of carbonyl (C=O) groups excluding carboxylic acids is 1. The van der Waals surface area contributed by atoms with E-state index >= 15 is 0 Å². The number of amides is 1. The normalized spacial score (nSPS) is 11.4. The second-order valence-electron chi connectivity index (χ2n) is 3.24. The standard InChI is InChI=1S/C9H9F3N2O3S/c1-3-14(4(2)15)8-13-6(9(10,11)12)5(18-8)7(16)17/h3H2,1-2H3,(H,16,17). The fourth-order valence-corrected chi connectivity index (χ4v) is 2.29. The van der Waals surface area contributed by atoms with Gasteiger partial charge in [-0.15, -0.1) is 0 Å². The number of thiazole rings is 1. The summed E-state index contributed by atoms with van der Waals surface area (Å²) in [5.74, 6) is -2.22. The van der Waals surface area contributed by atoms with Crippen LogP contribution in [-0.2, 0) is 11.0 Å². The lowest BCUT2D eigenvalue weighted by Crippen LogP contribution is -2.27. The first kappa shape index (κ1) is 14.4. The third-order valence-electron chi connectivity index (χ3n) is 2.01. The molecule has 0 atom stereocenters. The molecule has 0 aliphatic carbocycles. The number of alkyl halides is 3. The van der Waals surface area contributed by atoms with E-state index in [-0.39, 0.29) is 11.7 Å². The minimum absolute atomic E-state index is 0.110. The first-order valence-electron chi connectivity index (χ1n) is 4.77. The van der Waals surface area contributed by atoms with E-state index in [0.29, 0.717) is 11.3 Å². The number of carboxylic acids is 1. The van der Waals surface area contributed by atoms with E-state index in [0.717, 1.165) is 4.90 Å². The SMILES string of the molecule is CCN(C(C)=O)c1nc(C(F)(F)F)c(C(=O)O)s1. The summed E-state index contributed by atoms with van der Waals surface area (Å²) < 4.78 is 37.7. The lowest BCUT2D eigenvalue weighted by atomic mass is 10.3. The Labute approximate surface area is 104 Å². The molecule has 0 aromatic carbocycles. The first-order chi connectivity index (χ1) is 8.18. The minimum atomic E-state index is -4.86. The van der Waals surface area contributed by atoms with Gasteiger partial charge >= 0.3 is 12.1 Å². The zero-order valence-corrected chi connectivity index (χ0v) is 10.2. The molecule has 5 nitrogen and oxygen atoms in total. The third kappa shape index (κ3) is 2.78. The van der Waals surface area contributed by atoms with Crippen LogP contribution in [0.1, 0.15) is 29.2 Å². The largest absolute Gasteiger partial charge is 0.477 e. The molecule has 0 aliphatic heterocycles. The Morgan fingerprint density at radius 3 is 2.28 bits per heavy atom. The van der Waals surface area contributed by atoms with Gasteiger partial charge in [0.1, 0.15) is 4.88 Å². The molecular formula is C9H9F3N2O3S. The molecule has 18 heavy (non-hydrogen) atoms. The van der Waals surface area contributed by atoms with Crippen molar-refractivity contribution in [3.8, 4) is 0 Å². The highest BCUT2D eigenvalue weighted by atomic mass is 32.1. The number of aromatic nitrogens is 1. The van der Waals surface area contributed by atoms with Crippen molar-refractivity contribution < 1.29 is 27.9 Å². The summed E-state index contributed by atoms with van der Waals surface area (Å²) >= 11 is 0.330. The van der Waals surface area contributed by atoms with Gasteiger partial charge in [-0.05, 0) is 6.92 Å². The summed E-state index contributed by atoms with van der Waals surface area (Å²) in [7, 11) is 0. The molecule has 1 N–H and O–H groups in total. The molecular weight excluding hydrogens is 273 g/mol. The number of hydrogen-bond donors (Lipinski definition) is 1. The molecule has 1 aromatic heterocycles. The lowest BCUT2D eigenvalue weighted by Gasteiger charge is -2.14. The average molecular weight is 282 g/mol. The van der Waals surface area contributed by atoms with Crippen LogP contribution in [-0.4, -0.2) is 28.5 Å². The number of nitrogens with zero attached hydrogens (tertiary/aromatic N) is 2. The monoisotopic (exact) mass is 282 g/mol. The summed E-state index contributed by atoms with van der Waals surface area (Å²) in [6.07, 6.45) is -4.86. The highest BCUT2D eigenvalue weighted by Crippen LogP contribution is 2.37. The molecule has 1 amide bonds. The van der Waals surface area contributed by atoms with Gasteiger partial charge in [-0.25, -0.2) is 9.78 Å². The second kappa shape index (κ2) is 4.92. The summed E-state index contributed by atoms with van der Waals surface area (Å²) in [4.78, 5) is 25.2. The maximum atomic E-state index is 12.6. The zero-order chi connectivity index (χ0) is 14.1. The van der Waals surface area contributed by atoms with Crippen LogP contribution in [0, 0.1) is 0 Å². The van der Waals surface area contributed by atoms with Crippen molar-refractivity contribution in [1.82, 2.24) is 4.98 Å². The topological polar surface area (TPSA) is 70.5 Å². The molecule has 0 unspecified atom stereocenters. The Morgan fingerprint density at radius 2 is 2.00 bits per heavy atom. The van der Waals surface area contributed by atoms with Crippen molar-refractivity contribution in [1.29, 1.82) is 0 Å². The predicted octanol–water partition coefficient (Wildman–Crippen LogP) is 2.23. The van der Waals surface area contributed by atoms with Crippen molar-refractivity contribution in [2.45, 2.75) is 20.0 Å². The van der Waals surface area contributed by atoms with Gasteiger partial charge in [-0.3, -0.25) is 9.69 Å². The Morgan fingerprint density at radius 1 is 1.44 bits per heavy atom. The Balaban J connectivity index is 3.34. The van der Waals surface area contributed by atoms with Crippen molar-refractivity contribution in [2.75, 3.05) is 11.4 Å². The minimum Gasteiger partial charge on any atom is -0.477 e. The predicted molar refractivity (Wildman–Crippen MR) is 57.8 cm³/mol. The summed E-state index contributed by atoms with van der Waals surface area (Å²) in [5.41, 5.74) is -1.48. The van der Waals surface area contributed by atoms with E-state index in [9.17, 15) is 22.8 Å². The van der Waals surface area contributed by atoms with Gasteiger partial charge in [0.05, 0.1) is 0 Å². The molecule has 100 valence electrons. The van der Waals surface area contributed by atoms with E-state index in [1.807, 2.05) is 0 Å². The van der Waals surface area contributed by atoms with Gasteiger partial charge in [0.25, 0.3) is 0 Å². The smallest absolute Gasteiger partial charge is 0.435 e. The quantitative estimate of drug-likeness (QED) is 0.923. The molecule has 0 bridgehead atoms.